The zero-order valence-electron chi connectivity index (χ0n) is 12.7. The van der Waals surface area contributed by atoms with Crippen LogP contribution in [0.15, 0.2) is 18.3 Å². The molecule has 1 atom stereocenters. The molecule has 21 heavy (non-hydrogen) atoms. The van der Waals surface area contributed by atoms with Crippen LogP contribution in [0.1, 0.15) is 24.8 Å². The van der Waals surface area contributed by atoms with E-state index in [-0.39, 0.29) is 0 Å². The lowest BCUT2D eigenvalue weighted by molar-refractivity contribution is 0.0153. The van der Waals surface area contributed by atoms with E-state index in [4.69, 9.17) is 10.5 Å². The SMILES string of the molecule is Nc1cc(CN2CCCCC2CN2CCOCC2)ccn1. The van der Waals surface area contributed by atoms with Crippen molar-refractivity contribution in [2.75, 3.05) is 45.1 Å². The number of likely N-dealkylation sites (tertiary alicyclic amines) is 1. The van der Waals surface area contributed by atoms with Crippen molar-refractivity contribution in [2.45, 2.75) is 31.8 Å². The van der Waals surface area contributed by atoms with Gasteiger partial charge in [0.1, 0.15) is 5.82 Å². The van der Waals surface area contributed by atoms with Crippen LogP contribution in [0.2, 0.25) is 0 Å². The minimum atomic E-state index is 0.620. The van der Waals surface area contributed by atoms with Crippen LogP contribution < -0.4 is 5.73 Å². The van der Waals surface area contributed by atoms with Gasteiger partial charge in [0.2, 0.25) is 0 Å². The molecule has 0 saturated carbocycles. The number of hydrogen-bond donors (Lipinski definition) is 1. The number of nitrogen functional groups attached to an aromatic ring is 1. The van der Waals surface area contributed by atoms with Crippen LogP contribution in [0.5, 0.6) is 0 Å². The highest BCUT2D eigenvalue weighted by Gasteiger charge is 2.25. The Bertz CT molecular complexity index is 448. The Balaban J connectivity index is 1.60. The molecule has 0 spiro atoms. The first kappa shape index (κ1) is 14.8. The summed E-state index contributed by atoms with van der Waals surface area (Å²) in [5.74, 6) is 0.620. The number of nitrogens with two attached hydrogens (primary N) is 1. The molecular weight excluding hydrogens is 264 g/mol. The van der Waals surface area contributed by atoms with E-state index in [0.717, 1.165) is 32.8 Å². The molecule has 3 heterocycles. The number of pyridine rings is 1. The predicted octanol–water partition coefficient (Wildman–Crippen LogP) is 1.35. The Morgan fingerprint density at radius 2 is 2.10 bits per heavy atom. The van der Waals surface area contributed by atoms with Gasteiger partial charge in [0.05, 0.1) is 13.2 Å². The quantitative estimate of drug-likeness (QED) is 0.907. The highest BCUT2D eigenvalue weighted by atomic mass is 16.5. The molecule has 0 aliphatic carbocycles. The average molecular weight is 290 g/mol. The third-order valence-electron chi connectivity index (χ3n) is 4.55. The van der Waals surface area contributed by atoms with Crippen LogP contribution >= 0.6 is 0 Å². The van der Waals surface area contributed by atoms with E-state index >= 15 is 0 Å². The maximum Gasteiger partial charge on any atom is 0.123 e. The molecule has 2 aliphatic rings. The molecule has 0 aromatic carbocycles. The topological polar surface area (TPSA) is 54.6 Å². The van der Waals surface area contributed by atoms with Crippen LogP contribution in [0, 0.1) is 0 Å². The van der Waals surface area contributed by atoms with Crippen molar-refractivity contribution in [3.63, 3.8) is 0 Å². The first-order chi connectivity index (χ1) is 10.3. The summed E-state index contributed by atoms with van der Waals surface area (Å²) in [5.41, 5.74) is 7.07. The highest BCUT2D eigenvalue weighted by Crippen LogP contribution is 2.21. The van der Waals surface area contributed by atoms with Crippen LogP contribution in [-0.4, -0.2) is 60.2 Å². The van der Waals surface area contributed by atoms with Crippen molar-refractivity contribution >= 4 is 5.82 Å². The Hall–Kier alpha value is -1.17. The van der Waals surface area contributed by atoms with E-state index < -0.39 is 0 Å². The van der Waals surface area contributed by atoms with Gasteiger partial charge in [0.25, 0.3) is 0 Å². The smallest absolute Gasteiger partial charge is 0.123 e. The Labute approximate surface area is 127 Å². The van der Waals surface area contributed by atoms with E-state index in [0.29, 0.717) is 11.9 Å². The highest BCUT2D eigenvalue weighted by molar-refractivity contribution is 5.31. The number of morpholine rings is 1. The molecule has 5 heteroatoms. The third kappa shape index (κ3) is 4.15. The van der Waals surface area contributed by atoms with Gasteiger partial charge in [0.15, 0.2) is 0 Å². The number of ether oxygens (including phenoxy) is 1. The van der Waals surface area contributed by atoms with E-state index in [2.05, 4.69) is 20.9 Å². The van der Waals surface area contributed by atoms with Crippen LogP contribution in [0.4, 0.5) is 5.82 Å². The van der Waals surface area contributed by atoms with Crippen molar-refractivity contribution in [1.29, 1.82) is 0 Å². The molecule has 3 rings (SSSR count). The average Bonchev–Trinajstić information content (AvgIpc) is 2.50. The number of piperidine rings is 1. The van der Waals surface area contributed by atoms with E-state index in [9.17, 15) is 0 Å². The Morgan fingerprint density at radius 1 is 1.24 bits per heavy atom. The summed E-state index contributed by atoms with van der Waals surface area (Å²) in [6, 6.07) is 4.74. The number of hydrogen-bond acceptors (Lipinski definition) is 5. The molecule has 2 aliphatic heterocycles. The summed E-state index contributed by atoms with van der Waals surface area (Å²) in [4.78, 5) is 9.25. The molecule has 2 fully saturated rings. The summed E-state index contributed by atoms with van der Waals surface area (Å²) < 4.78 is 5.45. The minimum Gasteiger partial charge on any atom is -0.384 e. The molecule has 2 N–H and O–H groups in total. The minimum absolute atomic E-state index is 0.620. The molecule has 1 unspecified atom stereocenters. The maximum atomic E-state index is 5.80. The standard InChI is InChI=1S/C16H26N4O/c17-16-11-14(4-5-18-16)12-20-6-2-1-3-15(20)13-19-7-9-21-10-8-19/h4-5,11,15H,1-3,6-10,12-13H2,(H2,17,18). The van der Waals surface area contributed by atoms with Gasteiger partial charge < -0.3 is 10.5 Å². The molecule has 0 amide bonds. The zero-order valence-corrected chi connectivity index (χ0v) is 12.7. The molecule has 0 bridgehead atoms. The number of anilines is 1. The van der Waals surface area contributed by atoms with Gasteiger partial charge in [-0.05, 0) is 37.1 Å². The fraction of sp³-hybridized carbons (Fsp3) is 0.688. The van der Waals surface area contributed by atoms with E-state index in [1.165, 1.54) is 37.9 Å². The molecular formula is C16H26N4O. The Morgan fingerprint density at radius 3 is 2.90 bits per heavy atom. The molecule has 2 saturated heterocycles. The molecule has 0 radical (unpaired) electrons. The summed E-state index contributed by atoms with van der Waals surface area (Å²) in [6.45, 7) is 7.27. The van der Waals surface area contributed by atoms with Crippen molar-refractivity contribution < 1.29 is 4.74 Å². The molecule has 116 valence electrons. The van der Waals surface area contributed by atoms with Gasteiger partial charge in [-0.25, -0.2) is 4.98 Å². The zero-order chi connectivity index (χ0) is 14.5. The monoisotopic (exact) mass is 290 g/mol. The lowest BCUT2D eigenvalue weighted by Gasteiger charge is -2.39. The first-order valence-electron chi connectivity index (χ1n) is 8.06. The van der Waals surface area contributed by atoms with Gasteiger partial charge in [-0.1, -0.05) is 6.42 Å². The van der Waals surface area contributed by atoms with Crippen molar-refractivity contribution in [2.24, 2.45) is 0 Å². The third-order valence-corrected chi connectivity index (χ3v) is 4.55. The van der Waals surface area contributed by atoms with Gasteiger partial charge in [-0.15, -0.1) is 0 Å². The first-order valence-corrected chi connectivity index (χ1v) is 8.06. The second-order valence-electron chi connectivity index (χ2n) is 6.12. The number of aromatic nitrogens is 1. The van der Waals surface area contributed by atoms with Crippen molar-refractivity contribution in [1.82, 2.24) is 14.8 Å². The van der Waals surface area contributed by atoms with Crippen LogP contribution in [0.25, 0.3) is 0 Å². The lowest BCUT2D eigenvalue weighted by atomic mass is 10.0. The predicted molar refractivity (Wildman–Crippen MR) is 84.0 cm³/mol. The van der Waals surface area contributed by atoms with Crippen molar-refractivity contribution in [3.8, 4) is 0 Å². The molecule has 1 aromatic rings. The maximum absolute atomic E-state index is 5.80. The second kappa shape index (κ2) is 7.20. The van der Waals surface area contributed by atoms with Gasteiger partial charge in [-0.3, -0.25) is 9.80 Å². The number of rotatable bonds is 4. The fourth-order valence-corrected chi connectivity index (χ4v) is 3.38. The van der Waals surface area contributed by atoms with Crippen LogP contribution in [-0.2, 0) is 11.3 Å². The second-order valence-corrected chi connectivity index (χ2v) is 6.12. The van der Waals surface area contributed by atoms with E-state index in [1.54, 1.807) is 0 Å². The van der Waals surface area contributed by atoms with Crippen molar-refractivity contribution in [3.05, 3.63) is 23.9 Å². The van der Waals surface area contributed by atoms with Gasteiger partial charge >= 0.3 is 0 Å². The summed E-state index contributed by atoms with van der Waals surface area (Å²) in [6.07, 6.45) is 5.77. The Kier molecular flexibility index (Phi) is 5.06. The van der Waals surface area contributed by atoms with E-state index in [1.807, 2.05) is 12.3 Å². The summed E-state index contributed by atoms with van der Waals surface area (Å²) in [7, 11) is 0. The fourth-order valence-electron chi connectivity index (χ4n) is 3.38. The summed E-state index contributed by atoms with van der Waals surface area (Å²) >= 11 is 0. The summed E-state index contributed by atoms with van der Waals surface area (Å²) in [5, 5.41) is 0. The number of nitrogens with zero attached hydrogens (tertiary/aromatic N) is 3. The van der Waals surface area contributed by atoms with Crippen LogP contribution in [0.3, 0.4) is 0 Å². The largest absolute Gasteiger partial charge is 0.384 e. The van der Waals surface area contributed by atoms with Gasteiger partial charge in [-0.2, -0.15) is 0 Å². The normalized spacial score (nSPS) is 25.0. The lowest BCUT2D eigenvalue weighted by Crippen LogP contribution is -2.49. The van der Waals surface area contributed by atoms with Gasteiger partial charge in [0, 0.05) is 38.4 Å². The molecule has 5 nitrogen and oxygen atoms in total. The molecule has 1 aromatic heterocycles.